The van der Waals surface area contributed by atoms with Crippen LogP contribution >= 0.6 is 11.8 Å². The van der Waals surface area contributed by atoms with Gasteiger partial charge >= 0.3 is 0 Å². The fourth-order valence-electron chi connectivity index (χ4n) is 3.83. The summed E-state index contributed by atoms with van der Waals surface area (Å²) in [5.41, 5.74) is 4.75. The van der Waals surface area contributed by atoms with Crippen molar-refractivity contribution in [3.8, 4) is 17.3 Å². The summed E-state index contributed by atoms with van der Waals surface area (Å²) in [6.07, 6.45) is 2.15. The van der Waals surface area contributed by atoms with Crippen LogP contribution in [0.5, 0.6) is 0 Å². The molecule has 4 aromatic rings. The molecule has 1 N–H and O–H groups in total. The number of carbonyl (C=O) groups excluding carboxylic acids is 1. The fraction of sp³-hybridized carbons (Fsp3) is 0.259. The summed E-state index contributed by atoms with van der Waals surface area (Å²) in [7, 11) is 0. The Morgan fingerprint density at radius 2 is 1.88 bits per heavy atom. The van der Waals surface area contributed by atoms with Gasteiger partial charge < -0.3 is 5.32 Å². The first kappa shape index (κ1) is 23.5. The molecule has 6 nitrogen and oxygen atoms in total. The van der Waals surface area contributed by atoms with Gasteiger partial charge in [-0.2, -0.15) is 10.4 Å². The average molecular weight is 470 g/mol. The Kier molecular flexibility index (Phi) is 6.99. The molecular formula is C27H27N5OS. The van der Waals surface area contributed by atoms with Crippen LogP contribution in [0.4, 0.5) is 5.69 Å². The molecule has 2 heterocycles. The maximum atomic E-state index is 13.6. The van der Waals surface area contributed by atoms with E-state index in [1.165, 1.54) is 0 Å². The van der Waals surface area contributed by atoms with Gasteiger partial charge in [-0.15, -0.1) is 11.8 Å². The van der Waals surface area contributed by atoms with Crippen LogP contribution in [0, 0.1) is 18.3 Å². The molecule has 1 amide bonds. The summed E-state index contributed by atoms with van der Waals surface area (Å²) in [4.78, 5) is 19.4. The SMILES string of the molecule is Cc1ccccc1-c1cc(C(=O)Nc2ccccc2SC(C)CC#N)c2cnn(C(C)C)c2n1. The maximum Gasteiger partial charge on any atom is 0.256 e. The second-order valence-electron chi connectivity index (χ2n) is 8.53. The Balaban J connectivity index is 1.78. The van der Waals surface area contributed by atoms with Gasteiger partial charge in [0.1, 0.15) is 0 Å². The molecular weight excluding hydrogens is 442 g/mol. The van der Waals surface area contributed by atoms with Crippen molar-refractivity contribution in [1.82, 2.24) is 14.8 Å². The molecule has 0 radical (unpaired) electrons. The van der Waals surface area contributed by atoms with Crippen LogP contribution in [0.3, 0.4) is 0 Å². The third-order valence-electron chi connectivity index (χ3n) is 5.56. The lowest BCUT2D eigenvalue weighted by atomic mass is 10.0. The Labute approximate surface area is 204 Å². The first-order chi connectivity index (χ1) is 16.4. The van der Waals surface area contributed by atoms with E-state index in [1.807, 2.05) is 87.0 Å². The fourth-order valence-corrected chi connectivity index (χ4v) is 4.83. The van der Waals surface area contributed by atoms with E-state index in [4.69, 9.17) is 10.2 Å². The van der Waals surface area contributed by atoms with Crippen molar-refractivity contribution >= 4 is 34.4 Å². The first-order valence-corrected chi connectivity index (χ1v) is 12.1. The normalized spacial score (nSPS) is 12.0. The molecule has 4 rings (SSSR count). The van der Waals surface area contributed by atoms with Crippen LogP contribution < -0.4 is 5.32 Å². The van der Waals surface area contributed by atoms with Gasteiger partial charge in [0.05, 0.1) is 34.6 Å². The largest absolute Gasteiger partial charge is 0.321 e. The third-order valence-corrected chi connectivity index (χ3v) is 6.74. The van der Waals surface area contributed by atoms with Crippen molar-refractivity contribution in [2.24, 2.45) is 0 Å². The van der Waals surface area contributed by atoms with E-state index in [-0.39, 0.29) is 17.2 Å². The number of aryl methyl sites for hydroxylation is 1. The highest BCUT2D eigenvalue weighted by Gasteiger charge is 2.20. The predicted molar refractivity (Wildman–Crippen MR) is 138 cm³/mol. The van der Waals surface area contributed by atoms with Crippen LogP contribution in [0.2, 0.25) is 0 Å². The zero-order valence-electron chi connectivity index (χ0n) is 19.7. The van der Waals surface area contributed by atoms with Crippen LogP contribution in [0.25, 0.3) is 22.3 Å². The molecule has 0 saturated heterocycles. The number of aromatic nitrogens is 3. The highest BCUT2D eigenvalue weighted by molar-refractivity contribution is 8.00. The van der Waals surface area contributed by atoms with Crippen LogP contribution in [0.1, 0.15) is 49.2 Å². The molecule has 0 aliphatic rings. The summed E-state index contributed by atoms with van der Waals surface area (Å²) in [6, 6.07) is 19.9. The van der Waals surface area contributed by atoms with Gasteiger partial charge in [0.15, 0.2) is 5.65 Å². The number of carbonyl (C=O) groups is 1. The molecule has 7 heteroatoms. The van der Waals surface area contributed by atoms with E-state index in [9.17, 15) is 4.79 Å². The predicted octanol–water partition coefficient (Wildman–Crippen LogP) is 6.63. The van der Waals surface area contributed by atoms with Gasteiger partial charge in [-0.3, -0.25) is 4.79 Å². The highest BCUT2D eigenvalue weighted by atomic mass is 32.2. The zero-order chi connectivity index (χ0) is 24.2. The van der Waals surface area contributed by atoms with Gasteiger partial charge in [0.25, 0.3) is 5.91 Å². The lowest BCUT2D eigenvalue weighted by Gasteiger charge is -2.15. The second kappa shape index (κ2) is 10.1. The van der Waals surface area contributed by atoms with Gasteiger partial charge in [-0.1, -0.05) is 43.3 Å². The van der Waals surface area contributed by atoms with Crippen molar-refractivity contribution in [3.05, 3.63) is 71.9 Å². The van der Waals surface area contributed by atoms with E-state index in [2.05, 4.69) is 16.5 Å². The average Bonchev–Trinajstić information content (AvgIpc) is 3.24. The molecule has 2 aromatic heterocycles. The number of nitrogens with zero attached hydrogens (tertiary/aromatic N) is 4. The second-order valence-corrected chi connectivity index (χ2v) is 10.0. The van der Waals surface area contributed by atoms with Crippen LogP contribution in [-0.2, 0) is 0 Å². The lowest BCUT2D eigenvalue weighted by molar-refractivity contribution is 0.102. The molecule has 0 bridgehead atoms. The van der Waals surface area contributed by atoms with Crippen molar-refractivity contribution in [3.63, 3.8) is 0 Å². The standard InChI is InChI=1S/C27H27N5OS/c1-17(2)32-26-22(16-29-32)21(15-24(30-26)20-10-6-5-9-18(20)3)27(33)31-23-11-7-8-12-25(23)34-19(4)13-14-28/h5-12,15-17,19H,13H2,1-4H3,(H,31,33). The van der Waals surface area contributed by atoms with E-state index in [1.54, 1.807) is 18.0 Å². The van der Waals surface area contributed by atoms with Crippen molar-refractivity contribution in [2.45, 2.75) is 50.3 Å². The number of thioether (sulfide) groups is 1. The number of para-hydroxylation sites is 1. The minimum Gasteiger partial charge on any atom is -0.321 e. The number of fused-ring (bicyclic) bond motifs is 1. The highest BCUT2D eigenvalue weighted by Crippen LogP contribution is 2.33. The number of hydrogen-bond donors (Lipinski definition) is 1. The Hall–Kier alpha value is -3.63. The first-order valence-electron chi connectivity index (χ1n) is 11.3. The number of anilines is 1. The molecule has 0 saturated carbocycles. The van der Waals surface area contributed by atoms with Crippen molar-refractivity contribution < 1.29 is 4.79 Å². The third kappa shape index (κ3) is 4.82. The quantitative estimate of drug-likeness (QED) is 0.307. The number of nitrogens with one attached hydrogen (secondary N) is 1. The Bertz CT molecular complexity index is 1390. The molecule has 1 unspecified atom stereocenters. The topological polar surface area (TPSA) is 83.6 Å². The molecule has 0 aliphatic carbocycles. The van der Waals surface area contributed by atoms with Crippen LogP contribution in [-0.4, -0.2) is 25.9 Å². The summed E-state index contributed by atoms with van der Waals surface area (Å²) < 4.78 is 1.85. The number of nitriles is 1. The minimum atomic E-state index is -0.216. The van der Waals surface area contributed by atoms with Gasteiger partial charge in [0.2, 0.25) is 0 Å². The number of pyridine rings is 1. The number of hydrogen-bond acceptors (Lipinski definition) is 5. The molecule has 0 fully saturated rings. The van der Waals surface area contributed by atoms with E-state index < -0.39 is 0 Å². The molecule has 0 spiro atoms. The van der Waals surface area contributed by atoms with Crippen molar-refractivity contribution in [2.75, 3.05) is 5.32 Å². The maximum absolute atomic E-state index is 13.6. The Morgan fingerprint density at radius 1 is 1.15 bits per heavy atom. The van der Waals surface area contributed by atoms with E-state index in [0.717, 1.165) is 27.4 Å². The molecule has 2 aromatic carbocycles. The summed E-state index contributed by atoms with van der Waals surface area (Å²) in [6.45, 7) is 8.14. The molecule has 172 valence electrons. The van der Waals surface area contributed by atoms with Crippen LogP contribution in [0.15, 0.2) is 65.7 Å². The monoisotopic (exact) mass is 469 g/mol. The summed E-state index contributed by atoms with van der Waals surface area (Å²) >= 11 is 1.58. The van der Waals surface area contributed by atoms with Gasteiger partial charge in [-0.25, -0.2) is 9.67 Å². The Morgan fingerprint density at radius 3 is 2.62 bits per heavy atom. The molecule has 0 aliphatic heterocycles. The van der Waals surface area contributed by atoms with Gasteiger partial charge in [0, 0.05) is 28.2 Å². The lowest BCUT2D eigenvalue weighted by Crippen LogP contribution is -2.14. The summed E-state index contributed by atoms with van der Waals surface area (Å²) in [5, 5.41) is 17.5. The minimum absolute atomic E-state index is 0.103. The smallest absolute Gasteiger partial charge is 0.256 e. The van der Waals surface area contributed by atoms with Crippen molar-refractivity contribution in [1.29, 1.82) is 5.26 Å². The zero-order valence-corrected chi connectivity index (χ0v) is 20.6. The number of rotatable bonds is 7. The van der Waals surface area contributed by atoms with Gasteiger partial charge in [-0.05, 0) is 44.5 Å². The summed E-state index contributed by atoms with van der Waals surface area (Å²) in [5.74, 6) is -0.216. The number of amides is 1. The molecule has 1 atom stereocenters. The van der Waals surface area contributed by atoms with E-state index in [0.29, 0.717) is 23.0 Å². The number of benzene rings is 2. The van der Waals surface area contributed by atoms with E-state index >= 15 is 0 Å². The molecule has 34 heavy (non-hydrogen) atoms.